The zero-order valence-electron chi connectivity index (χ0n) is 18.8. The van der Waals surface area contributed by atoms with Crippen molar-refractivity contribution in [2.45, 2.75) is 61.3 Å². The highest BCUT2D eigenvalue weighted by Crippen LogP contribution is 2.47. The largest absolute Gasteiger partial charge is 0.737 e. The fraction of sp³-hybridized carbons (Fsp3) is 0.375. The van der Waals surface area contributed by atoms with Crippen LogP contribution in [0.25, 0.3) is 5.57 Å². The Bertz CT molecular complexity index is 1200. The van der Waals surface area contributed by atoms with Gasteiger partial charge in [0.1, 0.15) is 5.71 Å². The molecule has 2 aliphatic rings. The maximum atomic E-state index is 16.2. The minimum absolute atomic E-state index is 0.667. The summed E-state index contributed by atoms with van der Waals surface area (Å²) < 4.78 is 36.0. The molecule has 0 fully saturated rings. The number of allylic oxidation sites excluding steroid dienone is 2. The van der Waals surface area contributed by atoms with Crippen LogP contribution in [0.5, 0.6) is 0 Å². The summed E-state index contributed by atoms with van der Waals surface area (Å²) in [5.74, 6) is 0. The molecule has 30 heavy (non-hydrogen) atoms. The third-order valence-electron chi connectivity index (χ3n) is 6.96. The van der Waals surface area contributed by atoms with E-state index in [9.17, 15) is 0 Å². The van der Waals surface area contributed by atoms with Crippen LogP contribution in [0.4, 0.5) is 8.63 Å². The molecule has 4 rings (SSSR count). The van der Waals surface area contributed by atoms with Gasteiger partial charge in [0.2, 0.25) is 0 Å². The Labute approximate surface area is 186 Å². The molecule has 0 unspecified atom stereocenters. The molecule has 2 aromatic rings. The number of rotatable bonds is 3. The Morgan fingerprint density at radius 3 is 2.27 bits per heavy atom. The standard InChI is InChI=1S/C24H28BBrF2N2/c1-8-19-14(4)23-22(18-11-10-13(3)21(26)12-18)24-15(5)20(9-2)17(7)30(24)25(27,28)29(23)16(19)6/h10-12H,8-9H2,1-7H3. The predicted molar refractivity (Wildman–Crippen MR) is 125 cm³/mol. The minimum Gasteiger partial charge on any atom is -0.393 e. The van der Waals surface area contributed by atoms with Gasteiger partial charge in [-0.15, -0.1) is 0 Å². The van der Waals surface area contributed by atoms with E-state index in [1.165, 1.54) is 8.96 Å². The summed E-state index contributed by atoms with van der Waals surface area (Å²) >= 11 is 3.65. The molecular weight excluding hydrogens is 445 g/mol. The molecule has 0 aliphatic carbocycles. The molecule has 0 bridgehead atoms. The third-order valence-corrected chi connectivity index (χ3v) is 7.81. The summed E-state index contributed by atoms with van der Waals surface area (Å²) in [5.41, 5.74) is 9.65. The van der Waals surface area contributed by atoms with Gasteiger partial charge in [-0.3, -0.25) is 0 Å². The summed E-state index contributed by atoms with van der Waals surface area (Å²) in [6.07, 6.45) is 1.48. The van der Waals surface area contributed by atoms with Crippen molar-refractivity contribution >= 4 is 34.2 Å². The van der Waals surface area contributed by atoms with Crippen LogP contribution in [-0.2, 0) is 6.42 Å². The van der Waals surface area contributed by atoms with E-state index in [0.29, 0.717) is 22.8 Å². The molecule has 158 valence electrons. The summed E-state index contributed by atoms with van der Waals surface area (Å²) in [6, 6.07) is 6.18. The van der Waals surface area contributed by atoms with Crippen molar-refractivity contribution in [2.75, 3.05) is 0 Å². The zero-order valence-corrected chi connectivity index (χ0v) is 20.3. The second-order valence-electron chi connectivity index (χ2n) is 8.45. The third kappa shape index (κ3) is 2.62. The number of aromatic nitrogens is 1. The average molecular weight is 473 g/mol. The van der Waals surface area contributed by atoms with Crippen LogP contribution in [0.3, 0.4) is 0 Å². The van der Waals surface area contributed by atoms with Crippen LogP contribution in [0, 0.1) is 20.8 Å². The van der Waals surface area contributed by atoms with E-state index < -0.39 is 6.97 Å². The van der Waals surface area contributed by atoms with E-state index in [2.05, 4.69) is 34.1 Å². The Morgan fingerprint density at radius 1 is 1.03 bits per heavy atom. The van der Waals surface area contributed by atoms with E-state index in [4.69, 9.17) is 0 Å². The molecule has 3 heterocycles. The van der Waals surface area contributed by atoms with Crippen molar-refractivity contribution in [3.8, 4) is 0 Å². The predicted octanol–water partition coefficient (Wildman–Crippen LogP) is 6.95. The summed E-state index contributed by atoms with van der Waals surface area (Å²) in [4.78, 5) is 0. The number of hydrogen-bond acceptors (Lipinski definition) is 0. The fourth-order valence-corrected chi connectivity index (χ4v) is 5.88. The first-order valence-corrected chi connectivity index (χ1v) is 11.4. The Kier molecular flexibility index (Phi) is 5.00. The second kappa shape index (κ2) is 7.05. The van der Waals surface area contributed by atoms with Crippen LogP contribution in [0.1, 0.15) is 67.8 Å². The first-order valence-electron chi connectivity index (χ1n) is 10.6. The van der Waals surface area contributed by atoms with Gasteiger partial charge >= 0.3 is 6.97 Å². The second-order valence-corrected chi connectivity index (χ2v) is 9.30. The molecule has 1 aromatic carbocycles. The Balaban J connectivity index is 2.23. The van der Waals surface area contributed by atoms with Gasteiger partial charge in [0, 0.05) is 28.2 Å². The molecule has 2 nitrogen and oxygen atoms in total. The lowest BCUT2D eigenvalue weighted by molar-refractivity contribution is -0.363. The van der Waals surface area contributed by atoms with Gasteiger partial charge in [0.05, 0.1) is 5.57 Å². The first kappa shape index (κ1) is 21.3. The number of aryl methyl sites for hydroxylation is 1. The summed E-state index contributed by atoms with van der Waals surface area (Å²) in [5, 5.41) is 0. The SMILES string of the molecule is CCC1=C(C)C2=C(c3ccc(C)c(Br)c3)c3c(C)c(CC)c(C)n3[B-](F)(F)[N+]2=C1C. The van der Waals surface area contributed by atoms with Crippen LogP contribution in [0.2, 0.25) is 0 Å². The van der Waals surface area contributed by atoms with Crippen LogP contribution < -0.4 is 0 Å². The normalized spacial score (nSPS) is 17.8. The lowest BCUT2D eigenvalue weighted by Gasteiger charge is -2.34. The van der Waals surface area contributed by atoms with Gasteiger partial charge in [0.25, 0.3) is 0 Å². The number of hydrogen-bond donors (Lipinski definition) is 0. The maximum Gasteiger partial charge on any atom is 0.737 e. The van der Waals surface area contributed by atoms with Gasteiger partial charge in [-0.2, -0.15) is 0 Å². The molecule has 2 aliphatic heterocycles. The quantitative estimate of drug-likeness (QED) is 0.427. The number of fused-ring (bicyclic) bond motifs is 2. The van der Waals surface area contributed by atoms with Gasteiger partial charge in [-0.25, -0.2) is 0 Å². The molecule has 1 aromatic heterocycles. The van der Waals surface area contributed by atoms with Gasteiger partial charge in [0.15, 0.2) is 5.70 Å². The van der Waals surface area contributed by atoms with Gasteiger partial charge in [-0.05, 0) is 74.6 Å². The number of halogens is 3. The van der Waals surface area contributed by atoms with E-state index in [1.807, 2.05) is 48.5 Å². The molecule has 0 radical (unpaired) electrons. The van der Waals surface area contributed by atoms with Crippen molar-refractivity contribution in [3.05, 3.63) is 73.2 Å². The summed E-state index contributed by atoms with van der Waals surface area (Å²) in [7, 11) is 0. The topological polar surface area (TPSA) is 7.94 Å². The van der Waals surface area contributed by atoms with Crippen molar-refractivity contribution < 1.29 is 13.1 Å². The van der Waals surface area contributed by atoms with E-state index in [1.54, 1.807) is 0 Å². The molecule has 0 N–H and O–H groups in total. The molecule has 6 heteroatoms. The number of nitrogens with zero attached hydrogens (tertiary/aromatic N) is 2. The highest BCUT2D eigenvalue weighted by Gasteiger charge is 2.56. The Hall–Kier alpha value is -1.95. The van der Waals surface area contributed by atoms with Crippen LogP contribution in [-0.4, -0.2) is 21.6 Å². The first-order chi connectivity index (χ1) is 14.1. The smallest absolute Gasteiger partial charge is 0.393 e. The highest BCUT2D eigenvalue weighted by atomic mass is 79.9. The molecule has 0 amide bonds. The summed E-state index contributed by atoms with van der Waals surface area (Å²) in [6.45, 7) is 9.82. The molecule has 0 saturated carbocycles. The van der Waals surface area contributed by atoms with Crippen LogP contribution in [0.15, 0.2) is 39.5 Å². The van der Waals surface area contributed by atoms with Gasteiger partial charge < -0.3 is 17.6 Å². The monoisotopic (exact) mass is 472 g/mol. The Morgan fingerprint density at radius 2 is 1.70 bits per heavy atom. The lowest BCUT2D eigenvalue weighted by Crippen LogP contribution is -2.51. The number of benzene rings is 1. The molecule has 0 atom stereocenters. The van der Waals surface area contributed by atoms with E-state index in [0.717, 1.165) is 56.3 Å². The fourth-order valence-electron chi connectivity index (χ4n) is 5.50. The average Bonchev–Trinajstić information content (AvgIpc) is 3.09. The van der Waals surface area contributed by atoms with E-state index in [-0.39, 0.29) is 0 Å². The minimum atomic E-state index is -3.97. The van der Waals surface area contributed by atoms with E-state index >= 15 is 8.63 Å². The lowest BCUT2D eigenvalue weighted by atomic mass is 9.83. The molecular formula is C24H28BBrF2N2. The van der Waals surface area contributed by atoms with Crippen molar-refractivity contribution in [2.24, 2.45) is 0 Å². The highest BCUT2D eigenvalue weighted by molar-refractivity contribution is 9.10. The zero-order chi connectivity index (χ0) is 22.1. The maximum absolute atomic E-state index is 16.2. The van der Waals surface area contributed by atoms with Crippen molar-refractivity contribution in [1.29, 1.82) is 0 Å². The molecule has 0 saturated heterocycles. The van der Waals surface area contributed by atoms with Crippen molar-refractivity contribution in [3.63, 3.8) is 0 Å². The van der Waals surface area contributed by atoms with Crippen LogP contribution >= 0.6 is 15.9 Å². The van der Waals surface area contributed by atoms with Gasteiger partial charge in [-0.1, -0.05) is 41.9 Å². The van der Waals surface area contributed by atoms with Crippen molar-refractivity contribution in [1.82, 2.24) is 4.48 Å². The molecule has 0 spiro atoms.